The summed E-state index contributed by atoms with van der Waals surface area (Å²) in [5, 5.41) is 0. The third kappa shape index (κ3) is 4.15. The molecule has 5 heterocycles. The molecule has 2 saturated carbocycles. The number of hydrogen-bond donors (Lipinski definition) is 0. The summed E-state index contributed by atoms with van der Waals surface area (Å²) in [6.07, 6.45) is 2.64. The Morgan fingerprint density at radius 1 is 0.929 bits per heavy atom. The van der Waals surface area contributed by atoms with Crippen LogP contribution in [0, 0.1) is 28.6 Å². The minimum atomic E-state index is -1.14. The van der Waals surface area contributed by atoms with Crippen molar-refractivity contribution in [1.29, 1.82) is 0 Å². The number of esters is 3. The van der Waals surface area contributed by atoms with Crippen LogP contribution in [0.4, 0.5) is 0 Å². The zero-order valence-corrected chi connectivity index (χ0v) is 25.7. The minimum absolute atomic E-state index is 0.204. The van der Waals surface area contributed by atoms with Crippen molar-refractivity contribution in [3.8, 4) is 0 Å². The number of hydrogen-bond acceptors (Lipinski definition) is 10. The van der Waals surface area contributed by atoms with Gasteiger partial charge < -0.3 is 33.2 Å². The van der Waals surface area contributed by atoms with Crippen LogP contribution >= 0.6 is 0 Å². The Bertz CT molecular complexity index is 1190. The number of carbonyl (C=O) groups excluding carboxylic acids is 3. The number of rotatable bonds is 6. The Morgan fingerprint density at radius 2 is 1.60 bits per heavy atom. The highest BCUT2D eigenvalue weighted by Crippen LogP contribution is 2.74. The lowest BCUT2D eigenvalue weighted by molar-refractivity contribution is -0.388. The van der Waals surface area contributed by atoms with Gasteiger partial charge in [0.1, 0.15) is 17.1 Å². The van der Waals surface area contributed by atoms with Gasteiger partial charge in [0.15, 0.2) is 12.4 Å². The van der Waals surface area contributed by atoms with E-state index < -0.39 is 52.8 Å². The van der Waals surface area contributed by atoms with Gasteiger partial charge in [0.2, 0.25) is 6.29 Å². The molecular weight excluding hydrogens is 544 g/mol. The topological polar surface area (TPSA) is 119 Å². The van der Waals surface area contributed by atoms with E-state index in [9.17, 15) is 14.4 Å². The van der Waals surface area contributed by atoms with E-state index in [-0.39, 0.29) is 36.3 Å². The average Bonchev–Trinajstić information content (AvgIpc) is 3.37. The lowest BCUT2D eigenvalue weighted by Crippen LogP contribution is -2.80. The van der Waals surface area contributed by atoms with Crippen molar-refractivity contribution in [2.75, 3.05) is 13.2 Å². The Hall–Kier alpha value is -2.27. The van der Waals surface area contributed by atoms with Crippen molar-refractivity contribution in [1.82, 2.24) is 0 Å². The molecule has 0 aromatic rings. The maximum atomic E-state index is 13.4. The van der Waals surface area contributed by atoms with E-state index in [1.165, 1.54) is 6.92 Å². The molecule has 10 heteroatoms. The van der Waals surface area contributed by atoms with Gasteiger partial charge >= 0.3 is 17.9 Å². The summed E-state index contributed by atoms with van der Waals surface area (Å²) >= 11 is 0. The zero-order chi connectivity index (χ0) is 30.2. The first-order valence-corrected chi connectivity index (χ1v) is 15.3. The minimum Gasteiger partial charge on any atom is -0.458 e. The molecule has 12 atom stereocenters. The van der Waals surface area contributed by atoms with Crippen LogP contribution in [0.5, 0.6) is 0 Å². The summed E-state index contributed by atoms with van der Waals surface area (Å²) in [5.74, 6) is -1.75. The van der Waals surface area contributed by atoms with E-state index in [0.717, 1.165) is 12.8 Å². The number of carbonyl (C=O) groups is 3. The van der Waals surface area contributed by atoms with Gasteiger partial charge in [-0.2, -0.15) is 0 Å². The first-order chi connectivity index (χ1) is 19.9. The van der Waals surface area contributed by atoms with E-state index >= 15 is 0 Å². The highest BCUT2D eigenvalue weighted by molar-refractivity contribution is 5.88. The maximum absolute atomic E-state index is 13.4. The van der Waals surface area contributed by atoms with Crippen LogP contribution < -0.4 is 0 Å². The van der Waals surface area contributed by atoms with E-state index in [2.05, 4.69) is 13.8 Å². The molecule has 2 aliphatic carbocycles. The molecule has 0 radical (unpaired) electrons. The van der Waals surface area contributed by atoms with Crippen LogP contribution in [0.25, 0.3) is 0 Å². The van der Waals surface area contributed by atoms with Crippen LogP contribution in [0.15, 0.2) is 23.3 Å². The third-order valence-corrected chi connectivity index (χ3v) is 11.5. The Labute approximate surface area is 247 Å². The molecule has 42 heavy (non-hydrogen) atoms. The first-order valence-electron chi connectivity index (χ1n) is 15.3. The molecule has 7 fully saturated rings. The molecule has 0 aromatic heterocycles. The molecule has 5 saturated heterocycles. The summed E-state index contributed by atoms with van der Waals surface area (Å²) in [6.45, 7) is 13.6. The normalized spacial score (nSPS) is 47.5. The van der Waals surface area contributed by atoms with Crippen molar-refractivity contribution in [2.24, 2.45) is 28.6 Å². The molecule has 5 aliphatic heterocycles. The van der Waals surface area contributed by atoms with Gasteiger partial charge in [-0.15, -0.1) is 0 Å². The summed E-state index contributed by atoms with van der Waals surface area (Å²) in [6, 6.07) is 0. The highest BCUT2D eigenvalue weighted by atomic mass is 16.7. The van der Waals surface area contributed by atoms with E-state index in [4.69, 9.17) is 33.2 Å². The first kappa shape index (κ1) is 29.8. The smallest absolute Gasteiger partial charge is 0.335 e. The zero-order valence-electron chi connectivity index (χ0n) is 25.7. The monoisotopic (exact) mass is 588 g/mol. The highest BCUT2D eigenvalue weighted by Gasteiger charge is 2.85. The van der Waals surface area contributed by atoms with Crippen molar-refractivity contribution >= 4 is 17.9 Å². The van der Waals surface area contributed by atoms with Crippen LogP contribution in [0.1, 0.15) is 74.1 Å². The second-order valence-corrected chi connectivity index (χ2v) is 13.4. The molecule has 7 rings (SSSR count). The van der Waals surface area contributed by atoms with Crippen LogP contribution in [0.3, 0.4) is 0 Å². The van der Waals surface area contributed by atoms with Gasteiger partial charge in [0.25, 0.3) is 0 Å². The molecule has 2 spiro atoms. The Kier molecular flexibility index (Phi) is 7.39. The van der Waals surface area contributed by atoms with E-state index in [1.54, 1.807) is 39.8 Å². The maximum Gasteiger partial charge on any atom is 0.335 e. The molecular formula is C32H44O10. The fraction of sp³-hybridized carbons (Fsp3) is 0.781. The molecule has 7 aliphatic rings. The second-order valence-electron chi connectivity index (χ2n) is 13.4. The fourth-order valence-electron chi connectivity index (χ4n) is 8.87. The average molecular weight is 589 g/mol. The van der Waals surface area contributed by atoms with Gasteiger partial charge in [-0.1, -0.05) is 26.0 Å². The van der Waals surface area contributed by atoms with Crippen molar-refractivity contribution in [3.05, 3.63) is 23.3 Å². The number of fused-ring (bicyclic) bond motifs is 2. The summed E-state index contributed by atoms with van der Waals surface area (Å²) in [5.41, 5.74) is -1.64. The van der Waals surface area contributed by atoms with Crippen LogP contribution in [-0.2, 0) is 47.5 Å². The van der Waals surface area contributed by atoms with Gasteiger partial charge in [0.05, 0.1) is 25.4 Å². The molecule has 0 amide bonds. The number of epoxide rings is 1. The van der Waals surface area contributed by atoms with E-state index in [0.29, 0.717) is 37.2 Å². The largest absolute Gasteiger partial charge is 0.458 e. The molecule has 10 nitrogen and oxygen atoms in total. The summed E-state index contributed by atoms with van der Waals surface area (Å²) < 4.78 is 44.2. The van der Waals surface area contributed by atoms with E-state index in [1.807, 2.05) is 0 Å². The SMILES string of the molecule is CC=C(C)C(=O)OC1C(C)C(C)(C2CC3CCOC3O2)C2CC3CC4(CO4)C2(C(OC(=O)C(C)=CC)O3)C1OC(C)=O. The van der Waals surface area contributed by atoms with Crippen LogP contribution in [0.2, 0.25) is 0 Å². The predicted octanol–water partition coefficient (Wildman–Crippen LogP) is 4.00. The fourth-order valence-corrected chi connectivity index (χ4v) is 8.87. The van der Waals surface area contributed by atoms with Gasteiger partial charge in [-0.25, -0.2) is 9.59 Å². The molecule has 12 unspecified atom stereocenters. The second kappa shape index (κ2) is 10.4. The Balaban J connectivity index is 1.53. The molecule has 2 bridgehead atoms. The standard InChI is InChI=1S/C32H44O10/c1-8-16(3)26(34)41-24-18(5)30(7,23-12-20-10-11-36-28(20)40-23)22-13-21-14-31(15-37-31)32(22,25(24)38-19(6)33)29(39-21)42-27(35)17(4)9-2/h8-9,18,20-25,28-29H,10-15H2,1-7H3. The number of ether oxygens (including phenoxy) is 7. The summed E-state index contributed by atoms with van der Waals surface area (Å²) in [4.78, 5) is 39.5. The molecule has 0 aromatic carbocycles. The van der Waals surface area contributed by atoms with Crippen molar-refractivity contribution < 1.29 is 47.5 Å². The van der Waals surface area contributed by atoms with Crippen LogP contribution in [-0.4, -0.2) is 73.7 Å². The third-order valence-electron chi connectivity index (χ3n) is 11.5. The molecule has 0 N–H and O–H groups in total. The number of allylic oxidation sites excluding steroid dienone is 2. The van der Waals surface area contributed by atoms with Gasteiger partial charge in [0, 0.05) is 41.7 Å². The Morgan fingerprint density at radius 3 is 2.19 bits per heavy atom. The predicted molar refractivity (Wildman–Crippen MR) is 147 cm³/mol. The van der Waals surface area contributed by atoms with Crippen molar-refractivity contribution in [2.45, 2.75) is 117 Å². The lowest BCUT2D eigenvalue weighted by atomic mass is 9.40. The van der Waals surface area contributed by atoms with Gasteiger partial charge in [-0.3, -0.25) is 4.79 Å². The lowest BCUT2D eigenvalue weighted by Gasteiger charge is -2.70. The molecule has 232 valence electrons. The van der Waals surface area contributed by atoms with Gasteiger partial charge in [-0.05, 0) is 52.9 Å². The van der Waals surface area contributed by atoms with Crippen molar-refractivity contribution in [3.63, 3.8) is 0 Å². The summed E-state index contributed by atoms with van der Waals surface area (Å²) in [7, 11) is 0. The quantitative estimate of drug-likeness (QED) is 0.195.